The van der Waals surface area contributed by atoms with E-state index in [-0.39, 0.29) is 17.7 Å². The van der Waals surface area contributed by atoms with Crippen molar-refractivity contribution in [2.24, 2.45) is 0 Å². The molecule has 1 amide bonds. The van der Waals surface area contributed by atoms with E-state index in [1.807, 2.05) is 66.9 Å². The Kier molecular flexibility index (Phi) is 7.17. The zero-order valence-electron chi connectivity index (χ0n) is 16.6. The second-order valence-corrected chi connectivity index (χ2v) is 7.89. The van der Waals surface area contributed by atoms with E-state index in [0.717, 1.165) is 23.4 Å². The molecule has 152 valence electrons. The van der Waals surface area contributed by atoms with Crippen LogP contribution in [0.2, 0.25) is 5.02 Å². The van der Waals surface area contributed by atoms with Crippen LogP contribution in [0, 0.1) is 0 Å². The first-order valence-corrected chi connectivity index (χ1v) is 10.7. The van der Waals surface area contributed by atoms with Gasteiger partial charge in [0.15, 0.2) is 11.0 Å². The van der Waals surface area contributed by atoms with Crippen LogP contribution in [0.1, 0.15) is 20.3 Å². The predicted molar refractivity (Wildman–Crippen MR) is 117 cm³/mol. The summed E-state index contributed by atoms with van der Waals surface area (Å²) < 4.78 is 7.19. The molecule has 0 fully saturated rings. The van der Waals surface area contributed by atoms with E-state index in [1.165, 1.54) is 11.8 Å². The Morgan fingerprint density at radius 1 is 1.17 bits per heavy atom. The molecule has 0 aliphatic heterocycles. The topological polar surface area (TPSA) is 69.0 Å². The van der Waals surface area contributed by atoms with Crippen molar-refractivity contribution in [2.75, 3.05) is 12.9 Å². The van der Waals surface area contributed by atoms with E-state index in [1.54, 1.807) is 7.11 Å². The molecule has 0 radical (unpaired) electrons. The average Bonchev–Trinajstić information content (AvgIpc) is 3.16. The number of ether oxygens (including phenoxy) is 1. The number of nitrogens with one attached hydrogen (secondary N) is 1. The number of hydrogen-bond acceptors (Lipinski definition) is 5. The summed E-state index contributed by atoms with van der Waals surface area (Å²) in [6.45, 7) is 4.03. The van der Waals surface area contributed by atoms with Crippen molar-refractivity contribution >= 4 is 29.3 Å². The van der Waals surface area contributed by atoms with Gasteiger partial charge in [0, 0.05) is 22.3 Å². The Hall–Kier alpha value is -2.51. The summed E-state index contributed by atoms with van der Waals surface area (Å²) in [4.78, 5) is 12.2. The number of thioether (sulfide) groups is 1. The van der Waals surface area contributed by atoms with Crippen LogP contribution in [0.5, 0.6) is 5.75 Å². The van der Waals surface area contributed by atoms with Crippen LogP contribution in [0.3, 0.4) is 0 Å². The fraction of sp³-hybridized carbons (Fsp3) is 0.286. The molecular formula is C21H23ClN4O2S. The van der Waals surface area contributed by atoms with Crippen molar-refractivity contribution in [1.82, 2.24) is 20.1 Å². The zero-order chi connectivity index (χ0) is 20.8. The summed E-state index contributed by atoms with van der Waals surface area (Å²) in [5.74, 6) is 1.68. The summed E-state index contributed by atoms with van der Waals surface area (Å²) in [6, 6.07) is 15.2. The number of carbonyl (C=O) groups is 1. The third kappa shape index (κ3) is 5.31. The van der Waals surface area contributed by atoms with Crippen LogP contribution in [-0.2, 0) is 4.79 Å². The molecule has 0 unspecified atom stereocenters. The molecule has 29 heavy (non-hydrogen) atoms. The summed E-state index contributed by atoms with van der Waals surface area (Å²) in [5.41, 5.74) is 1.76. The number of carbonyl (C=O) groups excluding carboxylic acids is 1. The Morgan fingerprint density at radius 3 is 2.48 bits per heavy atom. The summed E-state index contributed by atoms with van der Waals surface area (Å²) in [6.07, 6.45) is 0.888. The Labute approximate surface area is 179 Å². The molecule has 3 rings (SSSR count). The van der Waals surface area contributed by atoms with Gasteiger partial charge >= 0.3 is 0 Å². The number of amides is 1. The van der Waals surface area contributed by atoms with Crippen LogP contribution in [0.25, 0.3) is 17.1 Å². The summed E-state index contributed by atoms with van der Waals surface area (Å²) >= 11 is 7.38. The zero-order valence-corrected chi connectivity index (χ0v) is 18.1. The van der Waals surface area contributed by atoms with Gasteiger partial charge in [-0.25, -0.2) is 0 Å². The van der Waals surface area contributed by atoms with E-state index in [4.69, 9.17) is 16.3 Å². The molecule has 0 aliphatic rings. The molecule has 2 aromatic carbocycles. The molecule has 8 heteroatoms. The third-order valence-electron chi connectivity index (χ3n) is 4.42. The average molecular weight is 431 g/mol. The number of hydrogen-bond donors (Lipinski definition) is 1. The minimum absolute atomic E-state index is 0.0262. The van der Waals surface area contributed by atoms with Crippen molar-refractivity contribution in [3.8, 4) is 22.8 Å². The predicted octanol–water partition coefficient (Wildman–Crippen LogP) is 4.60. The molecule has 1 N–H and O–H groups in total. The highest BCUT2D eigenvalue weighted by Gasteiger charge is 2.18. The lowest BCUT2D eigenvalue weighted by Gasteiger charge is -2.13. The molecule has 1 aromatic heterocycles. The van der Waals surface area contributed by atoms with Gasteiger partial charge in [-0.3, -0.25) is 9.36 Å². The third-order valence-corrected chi connectivity index (χ3v) is 5.60. The molecule has 0 bridgehead atoms. The molecular weight excluding hydrogens is 408 g/mol. The molecule has 3 aromatic rings. The van der Waals surface area contributed by atoms with Crippen molar-refractivity contribution < 1.29 is 9.53 Å². The van der Waals surface area contributed by atoms with Crippen LogP contribution in [-0.4, -0.2) is 39.6 Å². The van der Waals surface area contributed by atoms with Gasteiger partial charge in [-0.2, -0.15) is 0 Å². The van der Waals surface area contributed by atoms with Gasteiger partial charge in [-0.05, 0) is 61.9 Å². The SMILES string of the molecule is CC[C@@H](C)NC(=O)CSc1nnc(-c2ccc(Cl)cc2)n1-c1ccc(OC)cc1. The first-order valence-electron chi connectivity index (χ1n) is 9.29. The minimum atomic E-state index is -0.0262. The van der Waals surface area contributed by atoms with Gasteiger partial charge in [0.1, 0.15) is 5.75 Å². The van der Waals surface area contributed by atoms with Crippen LogP contribution in [0.4, 0.5) is 0 Å². The highest BCUT2D eigenvalue weighted by atomic mass is 35.5. The van der Waals surface area contributed by atoms with Crippen molar-refractivity contribution in [2.45, 2.75) is 31.5 Å². The smallest absolute Gasteiger partial charge is 0.230 e. The molecule has 0 aliphatic carbocycles. The van der Waals surface area contributed by atoms with Crippen LogP contribution in [0.15, 0.2) is 53.7 Å². The standard InChI is InChI=1S/C21H23ClN4O2S/c1-4-14(2)23-19(27)13-29-21-25-24-20(15-5-7-16(22)8-6-15)26(21)17-9-11-18(28-3)12-10-17/h5-12,14H,4,13H2,1-3H3,(H,23,27)/t14-/m1/s1. The number of rotatable bonds is 8. The highest BCUT2D eigenvalue weighted by molar-refractivity contribution is 7.99. The van der Waals surface area contributed by atoms with E-state index in [9.17, 15) is 4.79 Å². The fourth-order valence-corrected chi connectivity index (χ4v) is 3.55. The van der Waals surface area contributed by atoms with Crippen molar-refractivity contribution in [1.29, 1.82) is 0 Å². The first-order chi connectivity index (χ1) is 14.0. The van der Waals surface area contributed by atoms with Crippen LogP contribution >= 0.6 is 23.4 Å². The maximum absolute atomic E-state index is 12.2. The first kappa shape index (κ1) is 21.2. The molecule has 1 heterocycles. The van der Waals surface area contributed by atoms with Gasteiger partial charge in [-0.1, -0.05) is 30.3 Å². The van der Waals surface area contributed by atoms with Gasteiger partial charge in [-0.15, -0.1) is 10.2 Å². The summed E-state index contributed by atoms with van der Waals surface area (Å²) in [7, 11) is 1.63. The minimum Gasteiger partial charge on any atom is -0.497 e. The second kappa shape index (κ2) is 9.80. The maximum Gasteiger partial charge on any atom is 0.230 e. The lowest BCUT2D eigenvalue weighted by atomic mass is 10.2. The number of halogens is 1. The number of benzene rings is 2. The number of nitrogens with zero attached hydrogens (tertiary/aromatic N) is 3. The van der Waals surface area contributed by atoms with Gasteiger partial charge < -0.3 is 10.1 Å². The van der Waals surface area contributed by atoms with Gasteiger partial charge in [0.05, 0.1) is 12.9 Å². The van der Waals surface area contributed by atoms with E-state index in [2.05, 4.69) is 15.5 Å². The molecule has 1 atom stereocenters. The normalized spacial score (nSPS) is 11.9. The summed E-state index contributed by atoms with van der Waals surface area (Å²) in [5, 5.41) is 13.0. The fourth-order valence-electron chi connectivity index (χ4n) is 2.66. The van der Waals surface area contributed by atoms with Crippen molar-refractivity contribution in [3.63, 3.8) is 0 Å². The number of methoxy groups -OCH3 is 1. The van der Waals surface area contributed by atoms with E-state index in [0.29, 0.717) is 16.0 Å². The van der Waals surface area contributed by atoms with E-state index < -0.39 is 0 Å². The maximum atomic E-state index is 12.2. The van der Waals surface area contributed by atoms with E-state index >= 15 is 0 Å². The second-order valence-electron chi connectivity index (χ2n) is 6.51. The lowest BCUT2D eigenvalue weighted by Crippen LogP contribution is -2.33. The molecule has 0 saturated carbocycles. The Balaban J connectivity index is 1.93. The lowest BCUT2D eigenvalue weighted by molar-refractivity contribution is -0.119. The highest BCUT2D eigenvalue weighted by Crippen LogP contribution is 2.29. The Morgan fingerprint density at radius 2 is 1.86 bits per heavy atom. The Bertz CT molecular complexity index is 958. The molecule has 6 nitrogen and oxygen atoms in total. The quantitative estimate of drug-likeness (QED) is 0.529. The van der Waals surface area contributed by atoms with Gasteiger partial charge in [0.25, 0.3) is 0 Å². The van der Waals surface area contributed by atoms with Gasteiger partial charge in [0.2, 0.25) is 5.91 Å². The largest absolute Gasteiger partial charge is 0.497 e. The van der Waals surface area contributed by atoms with Crippen molar-refractivity contribution in [3.05, 3.63) is 53.6 Å². The molecule has 0 saturated heterocycles. The van der Waals surface area contributed by atoms with Crippen LogP contribution < -0.4 is 10.1 Å². The monoisotopic (exact) mass is 430 g/mol. The number of aromatic nitrogens is 3. The molecule has 0 spiro atoms.